The molecule has 0 bridgehead atoms. The van der Waals surface area contributed by atoms with Crippen LogP contribution < -0.4 is 5.32 Å². The Kier molecular flexibility index (Phi) is 7.80. The number of aromatic amines is 1. The lowest BCUT2D eigenvalue weighted by Gasteiger charge is -2.27. The van der Waals surface area contributed by atoms with E-state index in [0.717, 1.165) is 22.2 Å². The zero-order chi connectivity index (χ0) is 24.8. The van der Waals surface area contributed by atoms with Crippen molar-refractivity contribution in [3.8, 4) is 0 Å². The number of aromatic nitrogens is 2. The van der Waals surface area contributed by atoms with E-state index in [9.17, 15) is 14.7 Å². The molecule has 35 heavy (non-hydrogen) atoms. The number of nitrogens with one attached hydrogen (secondary N) is 2. The second-order valence-corrected chi connectivity index (χ2v) is 8.85. The second kappa shape index (κ2) is 11.2. The molecule has 0 radical (unpaired) electrons. The number of halogens is 1. The molecule has 2 amide bonds. The molecule has 2 heterocycles. The number of likely N-dealkylation sites (N-methyl/N-ethyl adjacent to an activating group) is 1. The first-order valence-electron chi connectivity index (χ1n) is 11.4. The fraction of sp³-hybridized carbons (Fsp3) is 0.222. The first-order chi connectivity index (χ1) is 16.9. The van der Waals surface area contributed by atoms with E-state index in [-0.39, 0.29) is 12.5 Å². The van der Waals surface area contributed by atoms with Crippen LogP contribution in [0, 0.1) is 0 Å². The molecule has 0 aliphatic carbocycles. The highest BCUT2D eigenvalue weighted by Crippen LogP contribution is 2.22. The number of fused-ring (bicyclic) bond motifs is 1. The molecule has 8 heteroatoms. The van der Waals surface area contributed by atoms with E-state index in [1.165, 1.54) is 4.90 Å². The number of hydrogen-bond donors (Lipinski definition) is 3. The Labute approximate surface area is 208 Å². The molecule has 0 aliphatic rings. The number of amides is 2. The highest BCUT2D eigenvalue weighted by molar-refractivity contribution is 6.31. The Morgan fingerprint density at radius 2 is 1.86 bits per heavy atom. The van der Waals surface area contributed by atoms with Crippen LogP contribution in [-0.2, 0) is 11.2 Å². The van der Waals surface area contributed by atoms with Gasteiger partial charge in [0.25, 0.3) is 11.8 Å². The average molecular weight is 491 g/mol. The van der Waals surface area contributed by atoms with Crippen molar-refractivity contribution in [3.63, 3.8) is 0 Å². The van der Waals surface area contributed by atoms with Gasteiger partial charge in [0.1, 0.15) is 11.8 Å². The molecule has 7 nitrogen and oxygen atoms in total. The summed E-state index contributed by atoms with van der Waals surface area (Å²) in [5.41, 5.74) is 2.80. The minimum atomic E-state index is -1.33. The van der Waals surface area contributed by atoms with Crippen LogP contribution in [0.4, 0.5) is 0 Å². The zero-order valence-electron chi connectivity index (χ0n) is 19.3. The molecule has 180 valence electrons. The standard InChI is InChI=1S/C27H27ClN4O3/c1-32(14-12-21-9-5-6-13-29-21)27(35)25(33)22(18-7-3-2-4-8-18)17-30-26(34)24-16-19-15-20(28)10-11-23(19)31-24/h2-11,13,15-16,22,25,31,33H,12,14,17H2,1H3,(H,30,34)/t22?,25-/m1/s1. The van der Waals surface area contributed by atoms with E-state index in [4.69, 9.17) is 11.6 Å². The molecule has 0 saturated heterocycles. The predicted octanol–water partition coefficient (Wildman–Crippen LogP) is 3.79. The number of aliphatic hydroxyl groups excluding tert-OH is 1. The number of rotatable bonds is 9. The van der Waals surface area contributed by atoms with Crippen LogP contribution in [0.1, 0.15) is 27.7 Å². The van der Waals surface area contributed by atoms with Crippen molar-refractivity contribution in [1.82, 2.24) is 20.2 Å². The number of hydrogen-bond acceptors (Lipinski definition) is 4. The van der Waals surface area contributed by atoms with Crippen LogP contribution in [0.2, 0.25) is 5.02 Å². The molecular weight excluding hydrogens is 464 g/mol. The molecule has 2 aromatic carbocycles. The third-order valence-corrected chi connectivity index (χ3v) is 6.21. The van der Waals surface area contributed by atoms with Gasteiger partial charge in [0, 0.05) is 60.3 Å². The predicted molar refractivity (Wildman–Crippen MR) is 136 cm³/mol. The van der Waals surface area contributed by atoms with Crippen molar-refractivity contribution in [3.05, 3.63) is 101 Å². The Hall–Kier alpha value is -3.68. The van der Waals surface area contributed by atoms with Gasteiger partial charge in [0.2, 0.25) is 0 Å². The van der Waals surface area contributed by atoms with E-state index in [1.807, 2.05) is 54.6 Å². The highest BCUT2D eigenvalue weighted by atomic mass is 35.5. The highest BCUT2D eigenvalue weighted by Gasteiger charge is 2.30. The maximum absolute atomic E-state index is 13.1. The maximum Gasteiger partial charge on any atom is 0.267 e. The second-order valence-electron chi connectivity index (χ2n) is 8.42. The Morgan fingerprint density at radius 3 is 2.60 bits per heavy atom. The molecule has 0 aliphatic heterocycles. The van der Waals surface area contributed by atoms with Crippen LogP contribution >= 0.6 is 11.6 Å². The van der Waals surface area contributed by atoms with Gasteiger partial charge in [-0.25, -0.2) is 0 Å². The van der Waals surface area contributed by atoms with Gasteiger partial charge >= 0.3 is 0 Å². The van der Waals surface area contributed by atoms with Crippen molar-refractivity contribution < 1.29 is 14.7 Å². The largest absolute Gasteiger partial charge is 0.383 e. The summed E-state index contributed by atoms with van der Waals surface area (Å²) >= 11 is 6.04. The Morgan fingerprint density at radius 1 is 1.09 bits per heavy atom. The quantitative estimate of drug-likeness (QED) is 0.332. The number of benzene rings is 2. The fourth-order valence-corrected chi connectivity index (χ4v) is 4.15. The summed E-state index contributed by atoms with van der Waals surface area (Å²) in [6.07, 6.45) is 0.961. The van der Waals surface area contributed by atoms with Crippen molar-refractivity contribution in [2.75, 3.05) is 20.1 Å². The topological polar surface area (TPSA) is 98.3 Å². The van der Waals surface area contributed by atoms with Crippen LogP contribution in [0.5, 0.6) is 0 Å². The van der Waals surface area contributed by atoms with Gasteiger partial charge in [0.05, 0.1) is 0 Å². The maximum atomic E-state index is 13.1. The Balaban J connectivity index is 1.45. The molecule has 4 aromatic rings. The SMILES string of the molecule is CN(CCc1ccccn1)C(=O)[C@H](O)C(CNC(=O)c1cc2cc(Cl)ccc2[nH]1)c1ccccc1. The lowest BCUT2D eigenvalue weighted by atomic mass is 9.92. The molecule has 3 N–H and O–H groups in total. The lowest BCUT2D eigenvalue weighted by Crippen LogP contribution is -2.44. The minimum absolute atomic E-state index is 0.0833. The number of H-pyrrole nitrogens is 1. The van der Waals surface area contributed by atoms with Gasteiger partial charge in [-0.1, -0.05) is 48.0 Å². The molecule has 2 aromatic heterocycles. The van der Waals surface area contributed by atoms with Crippen LogP contribution in [0.15, 0.2) is 79.0 Å². The fourth-order valence-electron chi connectivity index (χ4n) is 3.97. The lowest BCUT2D eigenvalue weighted by molar-refractivity contribution is -0.140. The smallest absolute Gasteiger partial charge is 0.267 e. The summed E-state index contributed by atoms with van der Waals surface area (Å²) in [5.74, 6) is -1.37. The summed E-state index contributed by atoms with van der Waals surface area (Å²) < 4.78 is 0. The summed E-state index contributed by atoms with van der Waals surface area (Å²) in [6, 6.07) is 21.9. The summed E-state index contributed by atoms with van der Waals surface area (Å²) in [6.45, 7) is 0.498. The van der Waals surface area contributed by atoms with Crippen LogP contribution in [0.25, 0.3) is 10.9 Å². The third-order valence-electron chi connectivity index (χ3n) is 5.98. The first kappa shape index (κ1) is 24.4. The number of carbonyl (C=O) groups excluding carboxylic acids is 2. The molecule has 4 rings (SSSR count). The van der Waals surface area contributed by atoms with Crippen molar-refractivity contribution in [2.24, 2.45) is 0 Å². The summed E-state index contributed by atoms with van der Waals surface area (Å²) in [5, 5.41) is 15.3. The van der Waals surface area contributed by atoms with E-state index in [0.29, 0.717) is 23.7 Å². The molecule has 0 spiro atoms. The third kappa shape index (κ3) is 6.07. The van der Waals surface area contributed by atoms with Crippen LogP contribution in [-0.4, -0.2) is 58.0 Å². The molecule has 0 saturated carbocycles. The molecular formula is C27H27ClN4O3. The van der Waals surface area contributed by atoms with Crippen molar-refractivity contribution >= 4 is 34.3 Å². The van der Waals surface area contributed by atoms with E-state index in [2.05, 4.69) is 15.3 Å². The van der Waals surface area contributed by atoms with Gasteiger partial charge in [-0.3, -0.25) is 14.6 Å². The number of nitrogens with zero attached hydrogens (tertiary/aromatic N) is 2. The van der Waals surface area contributed by atoms with Gasteiger partial charge in [-0.2, -0.15) is 0 Å². The summed E-state index contributed by atoms with van der Waals surface area (Å²) in [4.78, 5) is 34.8. The number of aliphatic hydroxyl groups is 1. The summed E-state index contributed by atoms with van der Waals surface area (Å²) in [7, 11) is 1.66. The number of pyridine rings is 1. The van der Waals surface area contributed by atoms with Crippen molar-refractivity contribution in [1.29, 1.82) is 0 Å². The van der Waals surface area contributed by atoms with Gasteiger partial charge in [-0.05, 0) is 42.0 Å². The molecule has 0 fully saturated rings. The van der Waals surface area contributed by atoms with E-state index >= 15 is 0 Å². The monoisotopic (exact) mass is 490 g/mol. The molecule has 2 atom stereocenters. The van der Waals surface area contributed by atoms with Crippen molar-refractivity contribution in [2.45, 2.75) is 18.4 Å². The number of carbonyl (C=O) groups is 2. The van der Waals surface area contributed by atoms with E-state index < -0.39 is 17.9 Å². The first-order valence-corrected chi connectivity index (χ1v) is 11.7. The Bertz CT molecular complexity index is 1290. The normalized spacial score (nSPS) is 12.8. The van der Waals surface area contributed by atoms with E-state index in [1.54, 1.807) is 31.4 Å². The average Bonchev–Trinajstić information content (AvgIpc) is 3.31. The zero-order valence-corrected chi connectivity index (χ0v) is 20.1. The van der Waals surface area contributed by atoms with Crippen LogP contribution in [0.3, 0.4) is 0 Å². The minimum Gasteiger partial charge on any atom is -0.383 e. The van der Waals surface area contributed by atoms with Gasteiger partial charge in [0.15, 0.2) is 0 Å². The van der Waals surface area contributed by atoms with Gasteiger partial charge < -0.3 is 20.3 Å². The van der Waals surface area contributed by atoms with Gasteiger partial charge in [-0.15, -0.1) is 0 Å². The molecule has 1 unspecified atom stereocenters.